The summed E-state index contributed by atoms with van der Waals surface area (Å²) < 4.78 is 47.4. The van der Waals surface area contributed by atoms with E-state index in [4.69, 9.17) is 4.74 Å². The van der Waals surface area contributed by atoms with Crippen molar-refractivity contribution in [1.29, 1.82) is 0 Å². The molecule has 1 aromatic carbocycles. The van der Waals surface area contributed by atoms with E-state index in [1.165, 1.54) is 36.2 Å². The second kappa shape index (κ2) is 9.46. The van der Waals surface area contributed by atoms with E-state index < -0.39 is 11.9 Å². The summed E-state index contributed by atoms with van der Waals surface area (Å²) in [6.45, 7) is 1.48. The largest absolute Gasteiger partial charge is 0.573 e. The zero-order valence-corrected chi connectivity index (χ0v) is 17.7. The maximum Gasteiger partial charge on any atom is 0.573 e. The third kappa shape index (κ3) is 5.49. The Balaban J connectivity index is 1.80. The summed E-state index contributed by atoms with van der Waals surface area (Å²) in [5.74, 6) is -0.444. The molecule has 1 heterocycles. The molecule has 1 aromatic heterocycles. The average molecular weight is 451 g/mol. The molecule has 3 rings (SSSR count). The number of likely N-dealkylation sites (N-methyl/N-ethyl adjacent to an activating group) is 1. The monoisotopic (exact) mass is 451 g/mol. The standard InChI is InChI=1S/C22H24F3N3O4/c1-15-6-7-17(13-18(15)32-22(23,24)25)31-19-12-16(8-11-26-19)28(2)20(30)21(27-14-29)9-4-3-5-10-21/h6-8,11-14H,3-5,9-10H2,1-2H3,(H,27,29). The van der Waals surface area contributed by atoms with Gasteiger partial charge in [0.15, 0.2) is 0 Å². The molecule has 1 aliphatic rings. The Kier molecular flexibility index (Phi) is 6.90. The van der Waals surface area contributed by atoms with E-state index >= 15 is 0 Å². The van der Waals surface area contributed by atoms with Crippen LogP contribution in [-0.4, -0.2) is 36.3 Å². The molecule has 0 bridgehead atoms. The Labute approximate surface area is 183 Å². The highest BCUT2D eigenvalue weighted by molar-refractivity contribution is 6.01. The van der Waals surface area contributed by atoms with Crippen molar-refractivity contribution in [3.8, 4) is 17.4 Å². The van der Waals surface area contributed by atoms with E-state index in [1.807, 2.05) is 0 Å². The summed E-state index contributed by atoms with van der Waals surface area (Å²) in [5.41, 5.74) is -0.196. The van der Waals surface area contributed by atoms with Gasteiger partial charge in [-0.25, -0.2) is 4.98 Å². The van der Waals surface area contributed by atoms with E-state index in [0.717, 1.165) is 25.3 Å². The summed E-state index contributed by atoms with van der Waals surface area (Å²) in [6, 6.07) is 7.16. The smallest absolute Gasteiger partial charge is 0.439 e. The molecule has 172 valence electrons. The quantitative estimate of drug-likeness (QED) is 0.628. The molecular formula is C22H24F3N3O4. The van der Waals surface area contributed by atoms with Crippen LogP contribution in [0.1, 0.15) is 37.7 Å². The van der Waals surface area contributed by atoms with Crippen molar-refractivity contribution in [3.05, 3.63) is 42.1 Å². The molecule has 1 N–H and O–H groups in total. The number of pyridine rings is 1. The molecule has 2 aromatic rings. The van der Waals surface area contributed by atoms with Gasteiger partial charge in [-0.3, -0.25) is 9.59 Å². The summed E-state index contributed by atoms with van der Waals surface area (Å²) in [4.78, 5) is 29.9. The average Bonchev–Trinajstić information content (AvgIpc) is 2.75. The van der Waals surface area contributed by atoms with Gasteiger partial charge in [0.1, 0.15) is 17.0 Å². The van der Waals surface area contributed by atoms with Gasteiger partial charge in [0, 0.05) is 25.4 Å². The van der Waals surface area contributed by atoms with Crippen LogP contribution >= 0.6 is 0 Å². The van der Waals surface area contributed by atoms with Gasteiger partial charge < -0.3 is 19.7 Å². The molecule has 10 heteroatoms. The molecule has 0 atom stereocenters. The van der Waals surface area contributed by atoms with E-state index in [2.05, 4.69) is 15.0 Å². The normalized spacial score (nSPS) is 15.5. The number of alkyl halides is 3. The summed E-state index contributed by atoms with van der Waals surface area (Å²) in [6.07, 6.45) is 0.927. The van der Waals surface area contributed by atoms with E-state index in [-0.39, 0.29) is 23.3 Å². The minimum absolute atomic E-state index is 0.0880. The number of hydrogen-bond acceptors (Lipinski definition) is 5. The first-order valence-corrected chi connectivity index (χ1v) is 10.1. The predicted octanol–water partition coefficient (Wildman–Crippen LogP) is 4.49. The van der Waals surface area contributed by atoms with Crippen LogP contribution in [0, 0.1) is 6.92 Å². The Bertz CT molecular complexity index is 975. The molecule has 0 radical (unpaired) electrons. The van der Waals surface area contributed by atoms with Gasteiger partial charge in [0.2, 0.25) is 12.3 Å². The van der Waals surface area contributed by atoms with Crippen LogP contribution in [0.3, 0.4) is 0 Å². The van der Waals surface area contributed by atoms with Crippen LogP contribution in [0.2, 0.25) is 0 Å². The van der Waals surface area contributed by atoms with Gasteiger partial charge in [0.05, 0.1) is 5.69 Å². The van der Waals surface area contributed by atoms with E-state index in [0.29, 0.717) is 30.5 Å². The van der Waals surface area contributed by atoms with Crippen molar-refractivity contribution < 1.29 is 32.2 Å². The Morgan fingerprint density at radius 2 is 1.91 bits per heavy atom. The van der Waals surface area contributed by atoms with Crippen molar-refractivity contribution in [2.24, 2.45) is 0 Å². The number of aromatic nitrogens is 1. The number of carbonyl (C=O) groups excluding carboxylic acids is 2. The van der Waals surface area contributed by atoms with Crippen molar-refractivity contribution in [3.63, 3.8) is 0 Å². The lowest BCUT2D eigenvalue weighted by Gasteiger charge is -2.38. The van der Waals surface area contributed by atoms with Gasteiger partial charge in [-0.05, 0) is 37.5 Å². The Hall–Kier alpha value is -3.30. The van der Waals surface area contributed by atoms with Gasteiger partial charge in [-0.1, -0.05) is 25.3 Å². The van der Waals surface area contributed by atoms with Crippen molar-refractivity contribution in [2.45, 2.75) is 50.9 Å². The number of hydrogen-bond donors (Lipinski definition) is 1. The third-order valence-corrected chi connectivity index (χ3v) is 5.47. The number of rotatable bonds is 7. The molecule has 0 aliphatic heterocycles. The molecule has 1 saturated carbocycles. The number of ether oxygens (including phenoxy) is 2. The number of benzene rings is 1. The van der Waals surface area contributed by atoms with Crippen LogP contribution in [0.15, 0.2) is 36.5 Å². The lowest BCUT2D eigenvalue weighted by molar-refractivity contribution is -0.274. The zero-order valence-electron chi connectivity index (χ0n) is 17.7. The highest BCUT2D eigenvalue weighted by atomic mass is 19.4. The summed E-state index contributed by atoms with van der Waals surface area (Å²) in [5, 5.41) is 2.71. The van der Waals surface area contributed by atoms with Gasteiger partial charge in [-0.15, -0.1) is 13.2 Å². The fourth-order valence-electron chi connectivity index (χ4n) is 3.79. The minimum atomic E-state index is -4.82. The lowest BCUT2D eigenvalue weighted by atomic mass is 9.80. The fourth-order valence-corrected chi connectivity index (χ4v) is 3.79. The second-order valence-electron chi connectivity index (χ2n) is 7.70. The first kappa shape index (κ1) is 23.4. The fraction of sp³-hybridized carbons (Fsp3) is 0.409. The van der Waals surface area contributed by atoms with Crippen LogP contribution in [0.4, 0.5) is 18.9 Å². The van der Waals surface area contributed by atoms with Gasteiger partial charge in [0.25, 0.3) is 5.91 Å². The number of nitrogens with one attached hydrogen (secondary N) is 1. The first-order chi connectivity index (χ1) is 15.1. The number of aryl methyl sites for hydroxylation is 1. The zero-order chi connectivity index (χ0) is 23.4. The molecule has 0 spiro atoms. The summed E-state index contributed by atoms with van der Waals surface area (Å²) in [7, 11) is 1.59. The Morgan fingerprint density at radius 1 is 1.19 bits per heavy atom. The highest BCUT2D eigenvalue weighted by Gasteiger charge is 2.41. The Morgan fingerprint density at radius 3 is 2.56 bits per heavy atom. The van der Waals surface area contributed by atoms with Crippen molar-refractivity contribution >= 4 is 18.0 Å². The first-order valence-electron chi connectivity index (χ1n) is 10.1. The second-order valence-corrected chi connectivity index (χ2v) is 7.70. The van der Waals surface area contributed by atoms with Crippen molar-refractivity contribution in [1.82, 2.24) is 10.3 Å². The molecular weight excluding hydrogens is 427 g/mol. The SMILES string of the molecule is Cc1ccc(Oc2cc(N(C)C(=O)C3(NC=O)CCCCC3)ccn2)cc1OC(F)(F)F. The number of nitrogens with zero attached hydrogens (tertiary/aromatic N) is 2. The highest BCUT2D eigenvalue weighted by Crippen LogP contribution is 2.34. The molecule has 1 aliphatic carbocycles. The van der Waals surface area contributed by atoms with Crippen LogP contribution in [0.5, 0.6) is 17.4 Å². The number of halogens is 3. The number of amides is 2. The third-order valence-electron chi connectivity index (χ3n) is 5.47. The molecule has 0 saturated heterocycles. The molecule has 1 fully saturated rings. The summed E-state index contributed by atoms with van der Waals surface area (Å²) >= 11 is 0. The number of carbonyl (C=O) groups is 2. The maximum absolute atomic E-state index is 13.2. The van der Waals surface area contributed by atoms with E-state index in [1.54, 1.807) is 13.1 Å². The maximum atomic E-state index is 13.2. The minimum Gasteiger partial charge on any atom is -0.439 e. The van der Waals surface area contributed by atoms with Crippen molar-refractivity contribution in [2.75, 3.05) is 11.9 Å². The molecule has 2 amide bonds. The molecule has 0 unspecified atom stereocenters. The van der Waals surface area contributed by atoms with Crippen LogP contribution in [-0.2, 0) is 9.59 Å². The lowest BCUT2D eigenvalue weighted by Crippen LogP contribution is -2.58. The molecule has 7 nitrogen and oxygen atoms in total. The number of anilines is 1. The predicted molar refractivity (Wildman–Crippen MR) is 111 cm³/mol. The topological polar surface area (TPSA) is 80.8 Å². The van der Waals surface area contributed by atoms with Gasteiger partial charge in [-0.2, -0.15) is 0 Å². The van der Waals surface area contributed by atoms with Crippen LogP contribution in [0.25, 0.3) is 0 Å². The van der Waals surface area contributed by atoms with Crippen LogP contribution < -0.4 is 19.7 Å². The van der Waals surface area contributed by atoms with Gasteiger partial charge >= 0.3 is 6.36 Å². The molecule has 32 heavy (non-hydrogen) atoms. The van der Waals surface area contributed by atoms with E-state index in [9.17, 15) is 22.8 Å².